The molecular formula is C15H20O6. The van der Waals surface area contributed by atoms with Crippen LogP contribution in [0.4, 0.5) is 0 Å². The Morgan fingerprint density at radius 1 is 1.43 bits per heavy atom. The molecule has 6 heteroatoms. The number of rotatable bonds is 6. The van der Waals surface area contributed by atoms with Gasteiger partial charge in [0.25, 0.3) is 0 Å². The van der Waals surface area contributed by atoms with Crippen molar-refractivity contribution in [3.8, 4) is 0 Å². The number of ketones is 2. The molecule has 2 saturated carbocycles. The third-order valence-corrected chi connectivity index (χ3v) is 4.80. The number of aliphatic hydroxyl groups is 1. The molecule has 0 amide bonds. The van der Waals surface area contributed by atoms with Crippen molar-refractivity contribution in [2.45, 2.75) is 44.6 Å². The molecule has 0 bridgehead atoms. The molecule has 0 spiro atoms. The topological polar surface area (TPSA) is 97.7 Å². The number of esters is 1. The van der Waals surface area contributed by atoms with Gasteiger partial charge in [-0.05, 0) is 19.3 Å². The number of aliphatic hydroxyl groups excluding tert-OH is 1. The Labute approximate surface area is 122 Å². The number of hydrogen-bond donors (Lipinski definition) is 1. The van der Waals surface area contributed by atoms with Gasteiger partial charge in [0.05, 0.1) is 12.5 Å². The number of fused-ring (bicyclic) bond motifs is 1. The lowest BCUT2D eigenvalue weighted by Crippen LogP contribution is -2.33. The maximum atomic E-state index is 12.4. The van der Waals surface area contributed by atoms with Crippen molar-refractivity contribution in [1.82, 2.24) is 0 Å². The minimum atomic E-state index is -1.30. The predicted molar refractivity (Wildman–Crippen MR) is 71.2 cm³/mol. The van der Waals surface area contributed by atoms with E-state index in [0.717, 1.165) is 0 Å². The highest BCUT2D eigenvalue weighted by Gasteiger charge is 2.63. The average molecular weight is 296 g/mol. The number of aldehydes is 1. The van der Waals surface area contributed by atoms with Crippen LogP contribution in [-0.2, 0) is 23.9 Å². The summed E-state index contributed by atoms with van der Waals surface area (Å²) in [4.78, 5) is 46.7. The van der Waals surface area contributed by atoms with Gasteiger partial charge in [-0.15, -0.1) is 0 Å². The summed E-state index contributed by atoms with van der Waals surface area (Å²) < 4.78 is 4.54. The van der Waals surface area contributed by atoms with E-state index >= 15 is 0 Å². The molecule has 0 heterocycles. The van der Waals surface area contributed by atoms with Gasteiger partial charge in [-0.2, -0.15) is 0 Å². The van der Waals surface area contributed by atoms with Crippen molar-refractivity contribution < 1.29 is 29.0 Å². The Bertz CT molecular complexity index is 471. The van der Waals surface area contributed by atoms with Crippen LogP contribution in [0.2, 0.25) is 0 Å². The fraction of sp³-hybridized carbons (Fsp3) is 0.733. The summed E-state index contributed by atoms with van der Waals surface area (Å²) in [5.74, 6) is -1.87. The van der Waals surface area contributed by atoms with Crippen LogP contribution in [0.1, 0.15) is 38.5 Å². The first-order chi connectivity index (χ1) is 9.96. The summed E-state index contributed by atoms with van der Waals surface area (Å²) in [5, 5.41) is 9.59. The van der Waals surface area contributed by atoms with Crippen molar-refractivity contribution in [3.05, 3.63) is 0 Å². The number of carbonyl (C=O) groups excluding carboxylic acids is 4. The lowest BCUT2D eigenvalue weighted by Gasteiger charge is -2.18. The molecule has 2 aliphatic carbocycles. The third kappa shape index (κ3) is 2.64. The highest BCUT2D eigenvalue weighted by Crippen LogP contribution is 2.52. The number of hydrogen-bond acceptors (Lipinski definition) is 6. The van der Waals surface area contributed by atoms with Gasteiger partial charge in [-0.25, -0.2) is 0 Å². The summed E-state index contributed by atoms with van der Waals surface area (Å²) in [5.41, 5.74) is -1.30. The summed E-state index contributed by atoms with van der Waals surface area (Å²) >= 11 is 0. The molecule has 4 unspecified atom stereocenters. The second kappa shape index (κ2) is 6.05. The first-order valence-electron chi connectivity index (χ1n) is 7.25. The highest BCUT2D eigenvalue weighted by molar-refractivity contribution is 6.10. The van der Waals surface area contributed by atoms with Crippen LogP contribution in [-0.4, -0.2) is 42.1 Å². The van der Waals surface area contributed by atoms with Crippen LogP contribution in [0.25, 0.3) is 0 Å². The van der Waals surface area contributed by atoms with Crippen LogP contribution >= 0.6 is 0 Å². The number of Topliss-reactive ketones (excluding diaryl/α,β-unsaturated/α-hetero) is 2. The molecule has 6 nitrogen and oxygen atoms in total. The van der Waals surface area contributed by atoms with Crippen molar-refractivity contribution in [3.63, 3.8) is 0 Å². The van der Waals surface area contributed by atoms with Crippen molar-refractivity contribution in [2.24, 2.45) is 17.3 Å². The molecule has 0 aromatic carbocycles. The summed E-state index contributed by atoms with van der Waals surface area (Å²) in [6.45, 7) is 0. The Balaban J connectivity index is 1.94. The Kier molecular flexibility index (Phi) is 4.56. The molecule has 0 saturated heterocycles. The van der Waals surface area contributed by atoms with Crippen LogP contribution in [0.5, 0.6) is 0 Å². The van der Waals surface area contributed by atoms with Gasteiger partial charge in [0, 0.05) is 24.7 Å². The van der Waals surface area contributed by atoms with E-state index < -0.39 is 17.4 Å². The number of unbranched alkanes of at least 4 members (excludes halogenated alkanes) is 1. The van der Waals surface area contributed by atoms with E-state index in [0.29, 0.717) is 38.4 Å². The van der Waals surface area contributed by atoms with E-state index in [1.807, 2.05) is 0 Å². The minimum absolute atomic E-state index is 0.0719. The Morgan fingerprint density at radius 2 is 2.14 bits per heavy atom. The molecule has 116 valence electrons. The fourth-order valence-electron chi connectivity index (χ4n) is 3.62. The maximum absolute atomic E-state index is 12.4. The number of methoxy groups -OCH3 is 1. The second-order valence-corrected chi connectivity index (χ2v) is 5.95. The Morgan fingerprint density at radius 3 is 2.71 bits per heavy atom. The van der Waals surface area contributed by atoms with Gasteiger partial charge < -0.3 is 14.6 Å². The molecule has 0 aromatic rings. The van der Waals surface area contributed by atoms with Crippen molar-refractivity contribution >= 4 is 23.8 Å². The predicted octanol–water partition coefficient (Wildman–Crippen LogP) is 0.444. The van der Waals surface area contributed by atoms with E-state index in [9.17, 15) is 24.3 Å². The molecule has 4 atom stereocenters. The summed E-state index contributed by atoms with van der Waals surface area (Å²) in [7, 11) is 1.33. The summed E-state index contributed by atoms with van der Waals surface area (Å²) in [6, 6.07) is 0. The lowest BCUT2D eigenvalue weighted by molar-refractivity contribution is -0.140. The van der Waals surface area contributed by atoms with Gasteiger partial charge >= 0.3 is 5.97 Å². The standard InChI is InChI=1S/C15H20O6/c1-21-12(18)5-3-2-4-9-6-10-13(19)11(17)7-15(10,8-16)14(9)20/h8-11,17H,2-7H2,1H3. The van der Waals surface area contributed by atoms with Gasteiger partial charge in [0.15, 0.2) is 5.78 Å². The zero-order valence-corrected chi connectivity index (χ0v) is 12.0. The largest absolute Gasteiger partial charge is 0.469 e. The number of carbonyl (C=O) groups is 4. The highest BCUT2D eigenvalue weighted by atomic mass is 16.5. The maximum Gasteiger partial charge on any atom is 0.305 e. The van der Waals surface area contributed by atoms with Crippen LogP contribution in [0.15, 0.2) is 0 Å². The molecule has 0 radical (unpaired) electrons. The van der Waals surface area contributed by atoms with Crippen molar-refractivity contribution in [1.29, 1.82) is 0 Å². The fourth-order valence-corrected chi connectivity index (χ4v) is 3.62. The van der Waals surface area contributed by atoms with E-state index in [2.05, 4.69) is 4.74 Å². The Hall–Kier alpha value is -1.56. The van der Waals surface area contributed by atoms with E-state index in [1.165, 1.54) is 7.11 Å². The van der Waals surface area contributed by atoms with Crippen LogP contribution in [0, 0.1) is 17.3 Å². The SMILES string of the molecule is COC(=O)CCCCC1CC2C(=O)C(O)CC2(C=O)C1=O. The smallest absolute Gasteiger partial charge is 0.305 e. The minimum Gasteiger partial charge on any atom is -0.469 e. The van der Waals surface area contributed by atoms with Gasteiger partial charge in [0.1, 0.15) is 18.2 Å². The average Bonchev–Trinajstić information content (AvgIpc) is 2.89. The number of ether oxygens (including phenoxy) is 1. The molecule has 2 fully saturated rings. The van der Waals surface area contributed by atoms with Gasteiger partial charge in [-0.1, -0.05) is 6.42 Å². The third-order valence-electron chi connectivity index (χ3n) is 4.80. The first kappa shape index (κ1) is 15.8. The molecule has 21 heavy (non-hydrogen) atoms. The molecular weight excluding hydrogens is 276 g/mol. The molecule has 0 aromatic heterocycles. The molecule has 2 rings (SSSR count). The normalized spacial score (nSPS) is 34.9. The van der Waals surface area contributed by atoms with E-state index in [4.69, 9.17) is 0 Å². The zero-order chi connectivity index (χ0) is 15.6. The summed E-state index contributed by atoms with van der Waals surface area (Å²) in [6.07, 6.45) is 1.79. The zero-order valence-electron chi connectivity index (χ0n) is 12.0. The van der Waals surface area contributed by atoms with Crippen molar-refractivity contribution in [2.75, 3.05) is 7.11 Å². The quantitative estimate of drug-likeness (QED) is 0.331. The van der Waals surface area contributed by atoms with Crippen LogP contribution in [0.3, 0.4) is 0 Å². The molecule has 0 aliphatic heterocycles. The monoisotopic (exact) mass is 296 g/mol. The van der Waals surface area contributed by atoms with Crippen LogP contribution < -0.4 is 0 Å². The second-order valence-electron chi connectivity index (χ2n) is 5.95. The first-order valence-corrected chi connectivity index (χ1v) is 7.25. The van der Waals surface area contributed by atoms with E-state index in [-0.39, 0.29) is 29.9 Å². The van der Waals surface area contributed by atoms with Gasteiger partial charge in [0.2, 0.25) is 0 Å². The molecule has 2 aliphatic rings. The van der Waals surface area contributed by atoms with Gasteiger partial charge in [-0.3, -0.25) is 14.4 Å². The molecule has 1 N–H and O–H groups in total. The lowest BCUT2D eigenvalue weighted by atomic mass is 9.80. The van der Waals surface area contributed by atoms with E-state index in [1.54, 1.807) is 0 Å².